The molecule has 0 fully saturated rings. The number of nitrogens with two attached hydrogens (primary N) is 1. The first-order chi connectivity index (χ1) is 14.2. The van der Waals surface area contributed by atoms with Crippen molar-refractivity contribution in [2.75, 3.05) is 11.1 Å². The lowest BCUT2D eigenvalue weighted by Crippen LogP contribution is -2.08. The zero-order chi connectivity index (χ0) is 19.8. The Morgan fingerprint density at radius 2 is 1.97 bits per heavy atom. The van der Waals surface area contributed by atoms with Gasteiger partial charge in [-0.2, -0.15) is 4.98 Å². The van der Waals surface area contributed by atoms with E-state index in [9.17, 15) is 0 Å². The van der Waals surface area contributed by atoms with Gasteiger partial charge in [-0.15, -0.1) is 0 Å². The van der Waals surface area contributed by atoms with Gasteiger partial charge in [0.1, 0.15) is 11.2 Å². The Bertz CT molecular complexity index is 1200. The molecule has 0 atom stereocenters. The van der Waals surface area contributed by atoms with Crippen molar-refractivity contribution in [3.05, 3.63) is 47.8 Å². The molecule has 1 aliphatic carbocycles. The monoisotopic (exact) mass is 386 g/mol. The van der Waals surface area contributed by atoms with Crippen molar-refractivity contribution in [1.29, 1.82) is 0 Å². The standard InChI is InChI=1S/C21H22N8/c1-2-29-18(16-10-11-23-20(22)26-16)25-17-12-24-21(28-19(17)29)27-15-9-5-7-13-6-3-4-8-14(13)15/h5,7,9-12H,2-4,6,8H2,1H3,(H2,22,23,26)(H,24,27,28). The molecule has 0 saturated carbocycles. The predicted molar refractivity (Wildman–Crippen MR) is 113 cm³/mol. The van der Waals surface area contributed by atoms with Gasteiger partial charge in [0.15, 0.2) is 11.5 Å². The number of nitrogens with one attached hydrogen (secondary N) is 1. The third-order valence-electron chi connectivity index (χ3n) is 5.35. The third-order valence-corrected chi connectivity index (χ3v) is 5.35. The number of nitrogen functional groups attached to an aromatic ring is 1. The number of anilines is 3. The molecule has 29 heavy (non-hydrogen) atoms. The molecule has 146 valence electrons. The summed E-state index contributed by atoms with van der Waals surface area (Å²) in [6.07, 6.45) is 8.09. The van der Waals surface area contributed by atoms with Crippen LogP contribution in [0.1, 0.15) is 30.9 Å². The molecule has 3 heterocycles. The summed E-state index contributed by atoms with van der Waals surface area (Å²) in [7, 11) is 0. The molecular weight excluding hydrogens is 364 g/mol. The van der Waals surface area contributed by atoms with Gasteiger partial charge < -0.3 is 15.6 Å². The highest BCUT2D eigenvalue weighted by molar-refractivity contribution is 5.77. The fraction of sp³-hybridized carbons (Fsp3) is 0.286. The highest BCUT2D eigenvalue weighted by Gasteiger charge is 2.17. The molecule has 5 rings (SSSR count). The summed E-state index contributed by atoms with van der Waals surface area (Å²) in [5.74, 6) is 1.50. The number of aromatic nitrogens is 6. The average molecular weight is 386 g/mol. The van der Waals surface area contributed by atoms with E-state index in [2.05, 4.69) is 50.4 Å². The lowest BCUT2D eigenvalue weighted by Gasteiger charge is -2.19. The second-order valence-electron chi connectivity index (χ2n) is 7.16. The molecule has 1 aromatic carbocycles. The molecule has 3 N–H and O–H groups in total. The molecule has 8 heteroatoms. The van der Waals surface area contributed by atoms with Gasteiger partial charge in [-0.3, -0.25) is 0 Å². The van der Waals surface area contributed by atoms with Crippen molar-refractivity contribution in [1.82, 2.24) is 29.5 Å². The van der Waals surface area contributed by atoms with Gasteiger partial charge in [0.25, 0.3) is 0 Å². The molecule has 0 spiro atoms. The topological polar surface area (TPSA) is 107 Å². The summed E-state index contributed by atoms with van der Waals surface area (Å²) < 4.78 is 2.02. The summed E-state index contributed by atoms with van der Waals surface area (Å²) in [6.45, 7) is 2.75. The van der Waals surface area contributed by atoms with Gasteiger partial charge in [0, 0.05) is 18.4 Å². The van der Waals surface area contributed by atoms with Crippen LogP contribution in [0.4, 0.5) is 17.6 Å². The van der Waals surface area contributed by atoms with Crippen LogP contribution in [0.3, 0.4) is 0 Å². The van der Waals surface area contributed by atoms with Crippen LogP contribution >= 0.6 is 0 Å². The van der Waals surface area contributed by atoms with E-state index in [1.54, 1.807) is 18.5 Å². The van der Waals surface area contributed by atoms with Gasteiger partial charge in [-0.1, -0.05) is 12.1 Å². The first-order valence-electron chi connectivity index (χ1n) is 9.93. The van der Waals surface area contributed by atoms with Gasteiger partial charge >= 0.3 is 0 Å². The van der Waals surface area contributed by atoms with E-state index in [0.29, 0.717) is 24.0 Å². The second-order valence-corrected chi connectivity index (χ2v) is 7.16. The Morgan fingerprint density at radius 3 is 2.83 bits per heavy atom. The molecule has 0 radical (unpaired) electrons. The van der Waals surface area contributed by atoms with E-state index in [-0.39, 0.29) is 5.95 Å². The molecular formula is C21H22N8. The van der Waals surface area contributed by atoms with E-state index in [0.717, 1.165) is 29.7 Å². The fourth-order valence-corrected chi connectivity index (χ4v) is 3.99. The van der Waals surface area contributed by atoms with E-state index in [1.807, 2.05) is 4.57 Å². The lowest BCUT2D eigenvalue weighted by atomic mass is 9.90. The first-order valence-corrected chi connectivity index (χ1v) is 9.93. The van der Waals surface area contributed by atoms with Crippen LogP contribution in [-0.4, -0.2) is 29.5 Å². The molecule has 1 aliphatic rings. The highest BCUT2D eigenvalue weighted by Crippen LogP contribution is 2.30. The number of aryl methyl sites for hydroxylation is 2. The molecule has 0 amide bonds. The summed E-state index contributed by atoms with van der Waals surface area (Å²) in [4.78, 5) is 22.2. The smallest absolute Gasteiger partial charge is 0.229 e. The number of nitrogens with zero attached hydrogens (tertiary/aromatic N) is 6. The van der Waals surface area contributed by atoms with Crippen molar-refractivity contribution in [2.24, 2.45) is 0 Å². The van der Waals surface area contributed by atoms with Crippen molar-refractivity contribution in [3.63, 3.8) is 0 Å². The predicted octanol–water partition coefficient (Wildman–Crippen LogP) is 3.51. The van der Waals surface area contributed by atoms with E-state index in [1.165, 1.54) is 24.0 Å². The maximum absolute atomic E-state index is 5.75. The van der Waals surface area contributed by atoms with Crippen LogP contribution in [0.25, 0.3) is 22.7 Å². The maximum Gasteiger partial charge on any atom is 0.229 e. The van der Waals surface area contributed by atoms with Gasteiger partial charge in [0.2, 0.25) is 11.9 Å². The molecule has 3 aromatic heterocycles. The SMILES string of the molecule is CCn1c(-c2ccnc(N)n2)nc2cnc(Nc3cccc4c3CCCC4)nc21. The Kier molecular flexibility index (Phi) is 4.31. The minimum absolute atomic E-state index is 0.222. The molecule has 0 bridgehead atoms. The van der Waals surface area contributed by atoms with E-state index in [4.69, 9.17) is 10.7 Å². The fourth-order valence-electron chi connectivity index (χ4n) is 3.99. The summed E-state index contributed by atoms with van der Waals surface area (Å²) in [6, 6.07) is 8.21. The van der Waals surface area contributed by atoms with Crippen LogP contribution in [0.2, 0.25) is 0 Å². The zero-order valence-corrected chi connectivity index (χ0v) is 16.3. The number of fused-ring (bicyclic) bond motifs is 2. The average Bonchev–Trinajstić information content (AvgIpc) is 3.12. The number of imidazole rings is 1. The van der Waals surface area contributed by atoms with Crippen LogP contribution < -0.4 is 11.1 Å². The Labute approximate surface area is 168 Å². The maximum atomic E-state index is 5.75. The van der Waals surface area contributed by atoms with E-state index < -0.39 is 0 Å². The van der Waals surface area contributed by atoms with Crippen molar-refractivity contribution in [3.8, 4) is 11.5 Å². The molecule has 8 nitrogen and oxygen atoms in total. The van der Waals surface area contributed by atoms with Gasteiger partial charge in [0.05, 0.1) is 6.20 Å². The third kappa shape index (κ3) is 3.16. The van der Waals surface area contributed by atoms with E-state index >= 15 is 0 Å². The van der Waals surface area contributed by atoms with Crippen LogP contribution in [0.15, 0.2) is 36.7 Å². The minimum atomic E-state index is 0.222. The highest BCUT2D eigenvalue weighted by atomic mass is 15.2. The largest absolute Gasteiger partial charge is 0.368 e. The van der Waals surface area contributed by atoms with Crippen molar-refractivity contribution in [2.45, 2.75) is 39.2 Å². The Hall–Kier alpha value is -3.55. The van der Waals surface area contributed by atoms with Gasteiger partial charge in [-0.05, 0) is 55.9 Å². The molecule has 0 aliphatic heterocycles. The Morgan fingerprint density at radius 1 is 1.07 bits per heavy atom. The number of rotatable bonds is 4. The quantitative estimate of drug-likeness (QED) is 0.552. The van der Waals surface area contributed by atoms with Gasteiger partial charge in [-0.25, -0.2) is 19.9 Å². The summed E-state index contributed by atoms with van der Waals surface area (Å²) >= 11 is 0. The number of hydrogen-bond acceptors (Lipinski definition) is 7. The van der Waals surface area contributed by atoms with Crippen LogP contribution in [0, 0.1) is 0 Å². The molecule has 4 aromatic rings. The second kappa shape index (κ2) is 7.12. The molecule has 0 saturated heterocycles. The minimum Gasteiger partial charge on any atom is -0.368 e. The Balaban J connectivity index is 1.56. The summed E-state index contributed by atoms with van der Waals surface area (Å²) in [5, 5.41) is 3.42. The van der Waals surface area contributed by atoms with Crippen molar-refractivity contribution >= 4 is 28.7 Å². The molecule has 0 unspecified atom stereocenters. The van der Waals surface area contributed by atoms with Crippen molar-refractivity contribution < 1.29 is 0 Å². The summed E-state index contributed by atoms with van der Waals surface area (Å²) in [5.41, 5.74) is 11.8. The zero-order valence-electron chi connectivity index (χ0n) is 16.3. The lowest BCUT2D eigenvalue weighted by molar-refractivity contribution is 0.687. The van der Waals surface area contributed by atoms with Crippen LogP contribution in [0.5, 0.6) is 0 Å². The first kappa shape index (κ1) is 17.5. The normalized spacial score (nSPS) is 13.4. The number of benzene rings is 1. The van der Waals surface area contributed by atoms with Crippen LogP contribution in [-0.2, 0) is 19.4 Å². The number of hydrogen-bond donors (Lipinski definition) is 2.